The molecule has 2 unspecified atom stereocenters. The average Bonchev–Trinajstić information content (AvgIpc) is 2.81. The van der Waals surface area contributed by atoms with E-state index in [1.165, 1.54) is 0 Å². The third-order valence-electron chi connectivity index (χ3n) is 4.10. The molecule has 4 N–H and O–H groups in total. The first-order chi connectivity index (χ1) is 9.58. The highest BCUT2D eigenvalue weighted by atomic mass is 16.2. The van der Waals surface area contributed by atoms with Crippen molar-refractivity contribution in [3.8, 4) is 0 Å². The van der Waals surface area contributed by atoms with Crippen LogP contribution >= 0.6 is 0 Å². The highest BCUT2D eigenvalue weighted by Gasteiger charge is 2.29. The lowest BCUT2D eigenvalue weighted by atomic mass is 9.99. The van der Waals surface area contributed by atoms with Crippen LogP contribution in [0.1, 0.15) is 18.0 Å². The van der Waals surface area contributed by atoms with Crippen molar-refractivity contribution in [3.05, 3.63) is 44.5 Å². The molecule has 1 aromatic carbocycles. The fraction of sp³-hybridized carbons (Fsp3) is 0.429. The van der Waals surface area contributed by atoms with Crippen LogP contribution in [-0.4, -0.2) is 35.0 Å². The summed E-state index contributed by atoms with van der Waals surface area (Å²) in [6.07, 6.45) is 1.02. The molecule has 2 atom stereocenters. The lowest BCUT2D eigenvalue weighted by molar-refractivity contribution is 0.314. The van der Waals surface area contributed by atoms with Gasteiger partial charge in [-0.3, -0.25) is 14.5 Å². The van der Waals surface area contributed by atoms with Crippen molar-refractivity contribution in [3.63, 3.8) is 0 Å². The molecule has 3 rings (SSSR count). The van der Waals surface area contributed by atoms with Crippen molar-refractivity contribution in [2.24, 2.45) is 11.7 Å². The third-order valence-corrected chi connectivity index (χ3v) is 4.10. The molecule has 6 nitrogen and oxygen atoms in total. The van der Waals surface area contributed by atoms with E-state index in [2.05, 4.69) is 21.9 Å². The number of likely N-dealkylation sites (tertiary alicyclic amines) is 1. The van der Waals surface area contributed by atoms with Crippen LogP contribution in [0.15, 0.2) is 27.8 Å². The van der Waals surface area contributed by atoms with E-state index in [-0.39, 0.29) is 0 Å². The maximum absolute atomic E-state index is 11.4. The number of hydrogen-bond acceptors (Lipinski definition) is 4. The van der Waals surface area contributed by atoms with Crippen LogP contribution in [0.3, 0.4) is 0 Å². The number of nitrogens with one attached hydrogen (secondary N) is 2. The predicted molar refractivity (Wildman–Crippen MR) is 77.7 cm³/mol. The topological polar surface area (TPSA) is 95.0 Å². The fourth-order valence-electron chi connectivity index (χ4n) is 3.01. The lowest BCUT2D eigenvalue weighted by Gasteiger charge is -2.19. The van der Waals surface area contributed by atoms with Gasteiger partial charge in [-0.1, -0.05) is 6.07 Å². The monoisotopic (exact) mass is 274 g/mol. The first kappa shape index (κ1) is 13.1. The Hall–Kier alpha value is -1.92. The molecule has 0 radical (unpaired) electrons. The van der Waals surface area contributed by atoms with Crippen molar-refractivity contribution in [2.45, 2.75) is 12.5 Å². The van der Waals surface area contributed by atoms with Crippen LogP contribution in [0.2, 0.25) is 0 Å². The first-order valence-corrected chi connectivity index (χ1v) is 6.75. The summed E-state index contributed by atoms with van der Waals surface area (Å²) in [6, 6.07) is 6.08. The normalized spacial score (nSPS) is 23.5. The van der Waals surface area contributed by atoms with Crippen molar-refractivity contribution in [1.82, 2.24) is 14.9 Å². The summed E-state index contributed by atoms with van der Waals surface area (Å²) in [4.78, 5) is 30.2. The summed E-state index contributed by atoms with van der Waals surface area (Å²) in [5, 5.41) is 0. The molecule has 0 saturated carbocycles. The standard InChI is InChI=1S/C14H18N4O2/c1-18-7-8(6-15)4-12(18)9-2-3-10-11(5-9)17-14(20)13(19)16-10/h2-3,5,8,12H,4,6-7,15H2,1H3,(H,16,19)(H,17,20). The number of rotatable bonds is 2. The molecule has 106 valence electrons. The summed E-state index contributed by atoms with van der Waals surface area (Å²) in [5.74, 6) is 0.510. The Balaban J connectivity index is 2.03. The molecule has 2 heterocycles. The number of nitrogens with zero attached hydrogens (tertiary/aromatic N) is 1. The predicted octanol–water partition coefficient (Wildman–Crippen LogP) is 0.168. The van der Waals surface area contributed by atoms with Gasteiger partial charge < -0.3 is 15.7 Å². The number of nitrogens with two attached hydrogens (primary N) is 1. The Kier molecular flexibility index (Phi) is 3.19. The maximum atomic E-state index is 11.4. The van der Waals surface area contributed by atoms with Gasteiger partial charge in [0, 0.05) is 12.6 Å². The second-order valence-corrected chi connectivity index (χ2v) is 5.51. The number of H-pyrrole nitrogens is 2. The van der Waals surface area contributed by atoms with Gasteiger partial charge in [0.05, 0.1) is 11.0 Å². The summed E-state index contributed by atoms with van der Waals surface area (Å²) in [6.45, 7) is 1.68. The number of aromatic nitrogens is 2. The number of hydrogen-bond donors (Lipinski definition) is 3. The van der Waals surface area contributed by atoms with Gasteiger partial charge in [0.1, 0.15) is 0 Å². The average molecular weight is 274 g/mol. The molecule has 6 heteroatoms. The van der Waals surface area contributed by atoms with Crippen LogP contribution < -0.4 is 16.9 Å². The van der Waals surface area contributed by atoms with E-state index >= 15 is 0 Å². The van der Waals surface area contributed by atoms with Crippen LogP contribution in [0.5, 0.6) is 0 Å². The maximum Gasteiger partial charge on any atom is 0.314 e. The molecule has 1 saturated heterocycles. The summed E-state index contributed by atoms with van der Waals surface area (Å²) < 4.78 is 0. The van der Waals surface area contributed by atoms with Gasteiger partial charge in [-0.15, -0.1) is 0 Å². The van der Waals surface area contributed by atoms with Crippen molar-refractivity contribution >= 4 is 11.0 Å². The molecule has 1 fully saturated rings. The molecule has 0 spiro atoms. The Morgan fingerprint density at radius 3 is 2.60 bits per heavy atom. The van der Waals surface area contributed by atoms with Gasteiger partial charge in [-0.25, -0.2) is 0 Å². The highest BCUT2D eigenvalue weighted by molar-refractivity contribution is 5.74. The SMILES string of the molecule is CN1CC(CN)CC1c1ccc2[nH]c(=O)c(=O)[nH]c2c1. The van der Waals surface area contributed by atoms with Crippen LogP contribution in [0.4, 0.5) is 0 Å². The van der Waals surface area contributed by atoms with Crippen molar-refractivity contribution < 1.29 is 0 Å². The zero-order chi connectivity index (χ0) is 14.3. The minimum Gasteiger partial charge on any atom is -0.330 e. The molecule has 2 aromatic rings. The highest BCUT2D eigenvalue weighted by Crippen LogP contribution is 2.34. The van der Waals surface area contributed by atoms with Gasteiger partial charge in [0.2, 0.25) is 0 Å². The fourth-order valence-corrected chi connectivity index (χ4v) is 3.01. The van der Waals surface area contributed by atoms with E-state index < -0.39 is 11.1 Å². The Bertz CT molecular complexity index is 749. The molecule has 20 heavy (non-hydrogen) atoms. The lowest BCUT2D eigenvalue weighted by Crippen LogP contribution is -2.29. The van der Waals surface area contributed by atoms with Crippen LogP contribution in [0.25, 0.3) is 11.0 Å². The van der Waals surface area contributed by atoms with E-state index in [0.29, 0.717) is 29.5 Å². The van der Waals surface area contributed by atoms with Gasteiger partial charge >= 0.3 is 11.1 Å². The summed E-state index contributed by atoms with van der Waals surface area (Å²) >= 11 is 0. The second kappa shape index (κ2) is 4.88. The Morgan fingerprint density at radius 2 is 1.95 bits per heavy atom. The van der Waals surface area contributed by atoms with E-state index in [4.69, 9.17) is 5.73 Å². The van der Waals surface area contributed by atoms with Crippen LogP contribution in [0, 0.1) is 5.92 Å². The van der Waals surface area contributed by atoms with E-state index in [9.17, 15) is 9.59 Å². The summed E-state index contributed by atoms with van der Waals surface area (Å²) in [7, 11) is 2.08. The molecule has 1 aliphatic heterocycles. The minimum absolute atomic E-state index is 0.309. The van der Waals surface area contributed by atoms with Gasteiger partial charge in [-0.05, 0) is 43.6 Å². The molecule has 1 aliphatic rings. The molecule has 0 aliphatic carbocycles. The zero-order valence-corrected chi connectivity index (χ0v) is 11.3. The molecular weight excluding hydrogens is 256 g/mol. The van der Waals surface area contributed by atoms with Crippen LogP contribution in [-0.2, 0) is 0 Å². The molecule has 0 amide bonds. The Labute approximate surface area is 115 Å². The van der Waals surface area contributed by atoms with Crippen molar-refractivity contribution in [2.75, 3.05) is 20.1 Å². The Morgan fingerprint density at radius 1 is 1.25 bits per heavy atom. The summed E-state index contributed by atoms with van der Waals surface area (Å²) in [5.41, 5.74) is 6.96. The minimum atomic E-state index is -0.619. The van der Waals surface area contributed by atoms with E-state index in [1.807, 2.05) is 18.2 Å². The van der Waals surface area contributed by atoms with Crippen molar-refractivity contribution in [1.29, 1.82) is 0 Å². The number of aromatic amines is 2. The smallest absolute Gasteiger partial charge is 0.314 e. The number of benzene rings is 1. The van der Waals surface area contributed by atoms with E-state index in [0.717, 1.165) is 18.5 Å². The van der Waals surface area contributed by atoms with Gasteiger partial charge in [0.25, 0.3) is 0 Å². The first-order valence-electron chi connectivity index (χ1n) is 6.75. The largest absolute Gasteiger partial charge is 0.330 e. The molecule has 1 aromatic heterocycles. The number of fused-ring (bicyclic) bond motifs is 1. The second-order valence-electron chi connectivity index (χ2n) is 5.51. The molecule has 0 bridgehead atoms. The zero-order valence-electron chi connectivity index (χ0n) is 11.3. The third kappa shape index (κ3) is 2.17. The van der Waals surface area contributed by atoms with Gasteiger partial charge in [-0.2, -0.15) is 0 Å². The molecular formula is C14H18N4O2. The quantitative estimate of drug-likeness (QED) is 0.680. The van der Waals surface area contributed by atoms with Gasteiger partial charge in [0.15, 0.2) is 0 Å². The van der Waals surface area contributed by atoms with E-state index in [1.54, 1.807) is 0 Å².